The molecule has 0 bridgehead atoms. The molecular formula is C10H13ClN2O. The predicted octanol–water partition coefficient (Wildman–Crippen LogP) is 2.56. The van der Waals surface area contributed by atoms with Gasteiger partial charge < -0.3 is 10.5 Å². The van der Waals surface area contributed by atoms with Crippen LogP contribution in [-0.4, -0.2) is 11.6 Å². The van der Waals surface area contributed by atoms with E-state index in [1.807, 2.05) is 6.07 Å². The Hall–Kier alpha value is -0.800. The van der Waals surface area contributed by atoms with Crippen molar-refractivity contribution in [3.05, 3.63) is 23.0 Å². The van der Waals surface area contributed by atoms with Crippen molar-refractivity contribution in [2.45, 2.75) is 25.4 Å². The Bertz CT molecular complexity index is 324. The summed E-state index contributed by atoms with van der Waals surface area (Å²) in [6.07, 6.45) is 3.45. The molecule has 76 valence electrons. The van der Waals surface area contributed by atoms with Crippen LogP contribution in [0.15, 0.2) is 12.1 Å². The average Bonchev–Trinajstić information content (AvgIpc) is 2.23. The van der Waals surface area contributed by atoms with Gasteiger partial charge in [0.1, 0.15) is 0 Å². The van der Waals surface area contributed by atoms with Gasteiger partial charge in [0.05, 0.1) is 17.5 Å². The van der Waals surface area contributed by atoms with Gasteiger partial charge in [-0.2, -0.15) is 0 Å². The number of nitrogens with zero attached hydrogens (tertiary/aromatic N) is 1. The third-order valence-corrected chi connectivity index (χ3v) is 2.71. The molecule has 0 radical (unpaired) electrons. The summed E-state index contributed by atoms with van der Waals surface area (Å²) in [5, 5.41) is 0.372. The van der Waals surface area contributed by atoms with E-state index in [1.165, 1.54) is 6.42 Å². The molecule has 0 aliphatic carbocycles. The lowest BCUT2D eigenvalue weighted by Gasteiger charge is -2.22. The molecule has 1 atom stereocenters. The van der Waals surface area contributed by atoms with E-state index in [0.29, 0.717) is 10.8 Å². The molecule has 0 spiro atoms. The van der Waals surface area contributed by atoms with Crippen LogP contribution in [0.2, 0.25) is 5.15 Å². The van der Waals surface area contributed by atoms with Gasteiger partial charge in [-0.15, -0.1) is 0 Å². The van der Waals surface area contributed by atoms with E-state index in [-0.39, 0.29) is 6.10 Å². The molecule has 1 saturated heterocycles. The van der Waals surface area contributed by atoms with Crippen molar-refractivity contribution in [2.75, 3.05) is 12.3 Å². The summed E-state index contributed by atoms with van der Waals surface area (Å²) in [5.41, 5.74) is 7.00. The lowest BCUT2D eigenvalue weighted by atomic mass is 10.1. The fraction of sp³-hybridized carbons (Fsp3) is 0.500. The van der Waals surface area contributed by atoms with Crippen molar-refractivity contribution in [3.63, 3.8) is 0 Å². The lowest BCUT2D eigenvalue weighted by molar-refractivity contribution is 0.0123. The van der Waals surface area contributed by atoms with Gasteiger partial charge in [-0.05, 0) is 31.4 Å². The third-order valence-electron chi connectivity index (χ3n) is 2.41. The summed E-state index contributed by atoms with van der Waals surface area (Å²) in [5.74, 6) is 0. The first-order chi connectivity index (χ1) is 6.77. The van der Waals surface area contributed by atoms with Gasteiger partial charge in [-0.3, -0.25) is 0 Å². The van der Waals surface area contributed by atoms with E-state index in [0.717, 1.165) is 25.1 Å². The highest BCUT2D eigenvalue weighted by atomic mass is 35.5. The normalized spacial score (nSPS) is 22.2. The van der Waals surface area contributed by atoms with Gasteiger partial charge in [-0.25, -0.2) is 4.98 Å². The van der Waals surface area contributed by atoms with Crippen LogP contribution in [0, 0.1) is 0 Å². The second-order valence-corrected chi connectivity index (χ2v) is 3.83. The quantitative estimate of drug-likeness (QED) is 0.728. The molecule has 1 aliphatic heterocycles. The van der Waals surface area contributed by atoms with Crippen LogP contribution in [0.5, 0.6) is 0 Å². The maximum atomic E-state index is 5.84. The summed E-state index contributed by atoms with van der Waals surface area (Å²) in [6, 6.07) is 3.67. The molecule has 2 N–H and O–H groups in total. The van der Waals surface area contributed by atoms with Crippen molar-refractivity contribution in [3.8, 4) is 0 Å². The number of hydrogen-bond acceptors (Lipinski definition) is 3. The number of pyridine rings is 1. The van der Waals surface area contributed by atoms with Gasteiger partial charge in [0, 0.05) is 6.61 Å². The predicted molar refractivity (Wildman–Crippen MR) is 56.2 cm³/mol. The average molecular weight is 213 g/mol. The molecule has 1 aromatic rings. The largest absolute Gasteiger partial charge is 0.396 e. The molecule has 4 heteroatoms. The molecule has 1 aromatic heterocycles. The van der Waals surface area contributed by atoms with Crippen molar-refractivity contribution < 1.29 is 4.74 Å². The molecule has 14 heavy (non-hydrogen) atoms. The molecular weight excluding hydrogens is 200 g/mol. The van der Waals surface area contributed by atoms with Gasteiger partial charge in [0.15, 0.2) is 5.15 Å². The van der Waals surface area contributed by atoms with Crippen LogP contribution in [-0.2, 0) is 4.74 Å². The lowest BCUT2D eigenvalue weighted by Crippen LogP contribution is -2.13. The number of nitrogen functional groups attached to an aromatic ring is 1. The SMILES string of the molecule is Nc1ccc(C2CCCCO2)nc1Cl. The highest BCUT2D eigenvalue weighted by molar-refractivity contribution is 6.31. The first-order valence-corrected chi connectivity index (χ1v) is 5.18. The molecule has 3 nitrogen and oxygen atoms in total. The minimum Gasteiger partial charge on any atom is -0.396 e. The van der Waals surface area contributed by atoms with Crippen LogP contribution < -0.4 is 5.73 Å². The smallest absolute Gasteiger partial charge is 0.152 e. The zero-order chi connectivity index (χ0) is 9.97. The van der Waals surface area contributed by atoms with Crippen LogP contribution in [0.4, 0.5) is 5.69 Å². The van der Waals surface area contributed by atoms with Gasteiger partial charge in [-0.1, -0.05) is 11.6 Å². The number of ether oxygens (including phenoxy) is 1. The van der Waals surface area contributed by atoms with Crippen molar-refractivity contribution in [1.29, 1.82) is 0 Å². The van der Waals surface area contributed by atoms with Crippen LogP contribution in [0.1, 0.15) is 31.1 Å². The molecule has 2 rings (SSSR count). The zero-order valence-electron chi connectivity index (χ0n) is 7.87. The fourth-order valence-electron chi connectivity index (χ4n) is 1.61. The molecule has 1 fully saturated rings. The second kappa shape index (κ2) is 4.15. The highest BCUT2D eigenvalue weighted by Crippen LogP contribution is 2.28. The molecule has 0 saturated carbocycles. The number of rotatable bonds is 1. The van der Waals surface area contributed by atoms with Crippen LogP contribution in [0.25, 0.3) is 0 Å². The summed E-state index contributed by atoms with van der Waals surface area (Å²) < 4.78 is 5.60. The molecule has 0 amide bonds. The standard InChI is InChI=1S/C10H13ClN2O/c11-10-7(12)4-5-8(13-10)9-3-1-2-6-14-9/h4-5,9H,1-3,6,12H2. The van der Waals surface area contributed by atoms with Crippen molar-refractivity contribution >= 4 is 17.3 Å². The summed E-state index contributed by atoms with van der Waals surface area (Å²) in [7, 11) is 0. The Morgan fingerprint density at radius 1 is 1.43 bits per heavy atom. The van der Waals surface area contributed by atoms with E-state index >= 15 is 0 Å². The molecule has 1 aliphatic rings. The second-order valence-electron chi connectivity index (χ2n) is 3.47. The Morgan fingerprint density at radius 3 is 2.93 bits per heavy atom. The number of anilines is 1. The number of aromatic nitrogens is 1. The fourth-order valence-corrected chi connectivity index (χ4v) is 1.77. The van der Waals surface area contributed by atoms with Gasteiger partial charge in [0.25, 0.3) is 0 Å². The van der Waals surface area contributed by atoms with E-state index in [4.69, 9.17) is 22.1 Å². The Kier molecular flexibility index (Phi) is 2.89. The molecule has 1 unspecified atom stereocenters. The minimum atomic E-state index is 0.0989. The minimum absolute atomic E-state index is 0.0989. The molecule has 2 heterocycles. The van der Waals surface area contributed by atoms with Crippen molar-refractivity contribution in [1.82, 2.24) is 4.98 Å². The third kappa shape index (κ3) is 1.99. The Labute approximate surface area is 88.2 Å². The number of nitrogens with two attached hydrogens (primary N) is 1. The van der Waals surface area contributed by atoms with E-state index in [2.05, 4.69) is 4.98 Å². The summed E-state index contributed by atoms with van der Waals surface area (Å²) in [6.45, 7) is 0.814. The summed E-state index contributed by atoms with van der Waals surface area (Å²) in [4.78, 5) is 4.21. The summed E-state index contributed by atoms with van der Waals surface area (Å²) >= 11 is 5.84. The van der Waals surface area contributed by atoms with Gasteiger partial charge in [0.2, 0.25) is 0 Å². The first-order valence-electron chi connectivity index (χ1n) is 4.81. The Morgan fingerprint density at radius 2 is 2.29 bits per heavy atom. The monoisotopic (exact) mass is 212 g/mol. The van der Waals surface area contributed by atoms with E-state index in [1.54, 1.807) is 6.07 Å². The Balaban J connectivity index is 2.18. The van der Waals surface area contributed by atoms with Crippen LogP contribution >= 0.6 is 11.6 Å². The maximum absolute atomic E-state index is 5.84. The first kappa shape index (κ1) is 9.74. The zero-order valence-corrected chi connectivity index (χ0v) is 8.63. The number of hydrogen-bond donors (Lipinski definition) is 1. The van der Waals surface area contributed by atoms with E-state index < -0.39 is 0 Å². The number of halogens is 1. The van der Waals surface area contributed by atoms with Crippen molar-refractivity contribution in [2.24, 2.45) is 0 Å². The molecule has 0 aromatic carbocycles. The topological polar surface area (TPSA) is 48.1 Å². The van der Waals surface area contributed by atoms with Gasteiger partial charge >= 0.3 is 0 Å². The van der Waals surface area contributed by atoms with Crippen LogP contribution in [0.3, 0.4) is 0 Å². The highest BCUT2D eigenvalue weighted by Gasteiger charge is 2.17. The van der Waals surface area contributed by atoms with E-state index in [9.17, 15) is 0 Å². The maximum Gasteiger partial charge on any atom is 0.152 e.